The van der Waals surface area contributed by atoms with E-state index in [2.05, 4.69) is 17.2 Å². The first-order valence-corrected chi connectivity index (χ1v) is 14.8. The van der Waals surface area contributed by atoms with Crippen molar-refractivity contribution in [3.63, 3.8) is 0 Å². The van der Waals surface area contributed by atoms with Gasteiger partial charge >= 0.3 is 36.1 Å². The van der Waals surface area contributed by atoms with Crippen LogP contribution < -0.4 is 15.4 Å². The Balaban J connectivity index is 1.63. The van der Waals surface area contributed by atoms with Crippen molar-refractivity contribution in [3.05, 3.63) is 71.8 Å². The van der Waals surface area contributed by atoms with Gasteiger partial charge in [0, 0.05) is 5.57 Å². The number of alkyl carbamates (subject to hydrolysis) is 2. The summed E-state index contributed by atoms with van der Waals surface area (Å²) in [6.07, 6.45) is -1.50. The van der Waals surface area contributed by atoms with Gasteiger partial charge in [-0.2, -0.15) is 0 Å². The van der Waals surface area contributed by atoms with Crippen LogP contribution in [-0.4, -0.2) is 88.8 Å². The Labute approximate surface area is 277 Å². The first-order valence-electron chi connectivity index (χ1n) is 14.8. The molecule has 0 aromatic heterocycles. The summed E-state index contributed by atoms with van der Waals surface area (Å²) >= 11 is 0. The van der Waals surface area contributed by atoms with Crippen molar-refractivity contribution in [1.29, 1.82) is 0 Å². The van der Waals surface area contributed by atoms with E-state index in [1.165, 1.54) is 31.2 Å². The number of carbonyl (C=O) groups excluding carboxylic acids is 6. The molecule has 15 heteroatoms. The number of carbonyl (C=O) groups is 6. The van der Waals surface area contributed by atoms with Gasteiger partial charge in [-0.15, -0.1) is 0 Å². The van der Waals surface area contributed by atoms with Crippen molar-refractivity contribution < 1.29 is 61.9 Å². The molecule has 0 unspecified atom stereocenters. The van der Waals surface area contributed by atoms with E-state index in [0.29, 0.717) is 11.5 Å². The lowest BCUT2D eigenvalue weighted by molar-refractivity contribution is -0.152. The smallest absolute Gasteiger partial charge is 0.407 e. The molecule has 0 aliphatic rings. The van der Waals surface area contributed by atoms with Gasteiger partial charge in [0.2, 0.25) is 0 Å². The molecule has 0 aliphatic carbocycles. The zero-order valence-electron chi connectivity index (χ0n) is 27.3. The number of rotatable bonds is 17. The summed E-state index contributed by atoms with van der Waals surface area (Å²) in [6, 6.07) is 12.2. The van der Waals surface area contributed by atoms with Crippen LogP contribution in [0.5, 0.6) is 11.5 Å². The number of ether oxygens (including phenoxy) is 7. The second-order valence-corrected chi connectivity index (χ2v) is 10.9. The highest BCUT2D eigenvalue weighted by Crippen LogP contribution is 2.22. The standard InChI is InChI=1S/C33H40N2O13/c1-22(2)27(36)42-16-14-34-31(40)46-20-18-43-28(37)23-6-10-25(11-7-23)48-26-12-8-24(9-13-26)29(38)44-19-21-47-32(41)35-15-17-45-30(39)33(3,4)5/h6-13H,1,14-21H2,2-5H3,(H,34,40)(H,35,41). The molecule has 2 N–H and O–H groups in total. The summed E-state index contributed by atoms with van der Waals surface area (Å²) in [5.41, 5.74) is 0.0976. The van der Waals surface area contributed by atoms with Crippen LogP contribution in [-0.2, 0) is 38.0 Å². The SMILES string of the molecule is C=C(C)C(=O)OCCNC(=O)OCCOC(=O)c1ccc(Oc2ccc(C(=O)OCCOC(=O)NCCOC(=O)C(C)(C)C)cc2)cc1. The molecule has 15 nitrogen and oxygen atoms in total. The van der Waals surface area contributed by atoms with Gasteiger partial charge in [-0.25, -0.2) is 24.0 Å². The molecule has 0 spiro atoms. The predicted molar refractivity (Wildman–Crippen MR) is 168 cm³/mol. The fourth-order valence-corrected chi connectivity index (χ4v) is 3.19. The lowest BCUT2D eigenvalue weighted by Gasteiger charge is -2.16. The van der Waals surface area contributed by atoms with Gasteiger partial charge in [0.25, 0.3) is 0 Å². The largest absolute Gasteiger partial charge is 0.463 e. The quantitative estimate of drug-likeness (QED) is 0.106. The van der Waals surface area contributed by atoms with Crippen molar-refractivity contribution in [2.45, 2.75) is 27.7 Å². The van der Waals surface area contributed by atoms with Crippen molar-refractivity contribution in [2.24, 2.45) is 5.41 Å². The Morgan fingerprint density at radius 1 is 0.583 bits per heavy atom. The molecule has 0 saturated carbocycles. The normalized spacial score (nSPS) is 10.5. The third-order valence-corrected chi connectivity index (χ3v) is 5.68. The topological polar surface area (TPSA) is 191 Å². The maximum absolute atomic E-state index is 12.3. The van der Waals surface area contributed by atoms with E-state index in [9.17, 15) is 28.8 Å². The molecule has 0 saturated heterocycles. The average molecular weight is 673 g/mol. The van der Waals surface area contributed by atoms with Crippen LogP contribution in [0.15, 0.2) is 60.7 Å². The summed E-state index contributed by atoms with van der Waals surface area (Å²) in [5.74, 6) is -1.38. The van der Waals surface area contributed by atoms with Crippen LogP contribution in [0.25, 0.3) is 0 Å². The van der Waals surface area contributed by atoms with E-state index in [4.69, 9.17) is 33.2 Å². The lowest BCUT2D eigenvalue weighted by Crippen LogP contribution is -2.31. The fourth-order valence-electron chi connectivity index (χ4n) is 3.19. The van der Waals surface area contributed by atoms with Crippen molar-refractivity contribution in [3.8, 4) is 11.5 Å². The van der Waals surface area contributed by atoms with E-state index in [-0.39, 0.29) is 75.4 Å². The maximum atomic E-state index is 12.3. The third-order valence-electron chi connectivity index (χ3n) is 5.68. The van der Waals surface area contributed by atoms with E-state index < -0.39 is 35.5 Å². The molecule has 2 rings (SSSR count). The third kappa shape index (κ3) is 15.1. The van der Waals surface area contributed by atoms with Crippen LogP contribution in [0.1, 0.15) is 48.4 Å². The highest BCUT2D eigenvalue weighted by molar-refractivity contribution is 5.90. The predicted octanol–water partition coefficient (Wildman–Crippen LogP) is 3.95. The van der Waals surface area contributed by atoms with Gasteiger partial charge in [-0.05, 0) is 76.2 Å². The minimum absolute atomic E-state index is 0.00203. The first-order chi connectivity index (χ1) is 22.8. The second kappa shape index (κ2) is 19.8. The molecule has 0 aliphatic heterocycles. The van der Waals surface area contributed by atoms with E-state index in [0.717, 1.165) is 0 Å². The number of hydrogen-bond acceptors (Lipinski definition) is 13. The minimum atomic E-state index is -0.758. The summed E-state index contributed by atoms with van der Waals surface area (Å²) in [6.45, 7) is 9.49. The van der Waals surface area contributed by atoms with Gasteiger partial charge in [-0.3, -0.25) is 4.79 Å². The summed E-state index contributed by atoms with van der Waals surface area (Å²) in [4.78, 5) is 70.8. The molecule has 0 heterocycles. The molecule has 0 radical (unpaired) electrons. The number of amides is 2. The molecule has 48 heavy (non-hydrogen) atoms. The minimum Gasteiger partial charge on any atom is -0.463 e. The molecule has 0 fully saturated rings. The monoisotopic (exact) mass is 672 g/mol. The molecule has 260 valence electrons. The number of nitrogens with one attached hydrogen (secondary N) is 2. The van der Waals surface area contributed by atoms with Crippen molar-refractivity contribution in [2.75, 3.05) is 52.7 Å². The highest BCUT2D eigenvalue weighted by Gasteiger charge is 2.22. The van der Waals surface area contributed by atoms with E-state index in [1.807, 2.05) is 0 Å². The second-order valence-electron chi connectivity index (χ2n) is 10.9. The first kappa shape index (κ1) is 38.6. The molecule has 2 aromatic carbocycles. The Bertz CT molecular complexity index is 1410. The molecular formula is C33H40N2O13. The molecule has 2 aromatic rings. The molecule has 0 bridgehead atoms. The lowest BCUT2D eigenvalue weighted by atomic mass is 9.97. The Morgan fingerprint density at radius 3 is 1.38 bits per heavy atom. The molecule has 2 amide bonds. The Kier molecular flexibility index (Phi) is 15.9. The van der Waals surface area contributed by atoms with Crippen LogP contribution in [0, 0.1) is 5.41 Å². The number of benzene rings is 2. The van der Waals surface area contributed by atoms with Crippen LogP contribution in [0.3, 0.4) is 0 Å². The van der Waals surface area contributed by atoms with Gasteiger partial charge < -0.3 is 43.8 Å². The Morgan fingerprint density at radius 2 is 0.979 bits per heavy atom. The van der Waals surface area contributed by atoms with Crippen LogP contribution >= 0.6 is 0 Å². The summed E-state index contributed by atoms with van der Waals surface area (Å²) in [7, 11) is 0. The summed E-state index contributed by atoms with van der Waals surface area (Å²) < 4.78 is 35.6. The van der Waals surface area contributed by atoms with Crippen LogP contribution in [0.2, 0.25) is 0 Å². The molecular weight excluding hydrogens is 632 g/mol. The van der Waals surface area contributed by atoms with E-state index >= 15 is 0 Å². The zero-order chi connectivity index (χ0) is 35.5. The van der Waals surface area contributed by atoms with Crippen molar-refractivity contribution in [1.82, 2.24) is 10.6 Å². The van der Waals surface area contributed by atoms with Crippen molar-refractivity contribution >= 4 is 36.1 Å². The van der Waals surface area contributed by atoms with Gasteiger partial charge in [0.1, 0.15) is 51.1 Å². The maximum Gasteiger partial charge on any atom is 0.407 e. The van der Waals surface area contributed by atoms with Gasteiger partial charge in [0.05, 0.1) is 29.6 Å². The Hall–Kier alpha value is -5.60. The number of esters is 4. The zero-order valence-corrected chi connectivity index (χ0v) is 27.3. The molecule has 0 atom stereocenters. The highest BCUT2D eigenvalue weighted by atomic mass is 16.6. The van der Waals surface area contributed by atoms with Gasteiger partial charge in [0.15, 0.2) is 0 Å². The summed E-state index contributed by atoms with van der Waals surface area (Å²) in [5, 5.41) is 4.81. The number of hydrogen-bond donors (Lipinski definition) is 2. The van der Waals surface area contributed by atoms with Gasteiger partial charge in [-0.1, -0.05) is 6.58 Å². The average Bonchev–Trinajstić information content (AvgIpc) is 3.05. The van der Waals surface area contributed by atoms with Crippen LogP contribution in [0.4, 0.5) is 9.59 Å². The fraction of sp³-hybridized carbons (Fsp3) is 0.394. The van der Waals surface area contributed by atoms with E-state index in [1.54, 1.807) is 45.0 Å².